The molecule has 1 rings (SSSR count). The van der Waals surface area contributed by atoms with Crippen LogP contribution < -0.4 is 0 Å². The predicted molar refractivity (Wildman–Crippen MR) is 69.8 cm³/mol. The van der Waals surface area contributed by atoms with Crippen LogP contribution in [0.5, 0.6) is 0 Å². The molecule has 4 heteroatoms. The van der Waals surface area contributed by atoms with E-state index in [0.717, 1.165) is 39.1 Å². The van der Waals surface area contributed by atoms with Crippen LogP contribution >= 0.6 is 12.2 Å². The molecule has 0 aliphatic carbocycles. The summed E-state index contributed by atoms with van der Waals surface area (Å²) in [6.45, 7) is 10.1. The van der Waals surface area contributed by atoms with Crippen molar-refractivity contribution in [3.63, 3.8) is 0 Å². The molecule has 3 nitrogen and oxygen atoms in total. The first-order chi connectivity index (χ1) is 7.77. The van der Waals surface area contributed by atoms with E-state index in [-0.39, 0.29) is 0 Å². The van der Waals surface area contributed by atoms with Gasteiger partial charge in [-0.2, -0.15) is 0 Å². The van der Waals surface area contributed by atoms with Gasteiger partial charge in [-0.25, -0.2) is 0 Å². The molecule has 0 bridgehead atoms. The Bertz CT molecular complexity index is 227. The van der Waals surface area contributed by atoms with Gasteiger partial charge >= 0.3 is 0 Å². The van der Waals surface area contributed by atoms with Crippen LogP contribution in [0.4, 0.5) is 0 Å². The van der Waals surface area contributed by atoms with Crippen molar-refractivity contribution < 1.29 is 9.47 Å². The zero-order valence-corrected chi connectivity index (χ0v) is 10.8. The van der Waals surface area contributed by atoms with E-state index in [1.165, 1.54) is 0 Å². The molecule has 16 heavy (non-hydrogen) atoms. The molecule has 92 valence electrons. The van der Waals surface area contributed by atoms with Crippen LogP contribution in [0.1, 0.15) is 19.8 Å². The standard InChI is InChI=1S/C12H21NO2S/c1-3-5-11(10-15-12(16)4-2)13-6-8-14-9-7-13/h4,11H,2-3,5-10H2,1H3. The van der Waals surface area contributed by atoms with Crippen LogP contribution in [0.25, 0.3) is 0 Å². The van der Waals surface area contributed by atoms with E-state index in [1.807, 2.05) is 0 Å². The van der Waals surface area contributed by atoms with E-state index in [2.05, 4.69) is 18.4 Å². The second kappa shape index (κ2) is 7.76. The van der Waals surface area contributed by atoms with Crippen molar-refractivity contribution in [1.82, 2.24) is 4.90 Å². The quantitative estimate of drug-likeness (QED) is 0.525. The molecule has 0 saturated carbocycles. The first-order valence-electron chi connectivity index (χ1n) is 5.89. The number of rotatable bonds is 6. The molecule has 1 heterocycles. The summed E-state index contributed by atoms with van der Waals surface area (Å²) in [6, 6.07) is 0.451. The molecule has 0 radical (unpaired) electrons. The summed E-state index contributed by atoms with van der Waals surface area (Å²) in [6.07, 6.45) is 3.88. The molecule has 0 spiro atoms. The van der Waals surface area contributed by atoms with Crippen LogP contribution in [0, 0.1) is 0 Å². The van der Waals surface area contributed by atoms with Crippen LogP contribution in [0.2, 0.25) is 0 Å². The maximum Gasteiger partial charge on any atom is 0.183 e. The molecule has 1 aliphatic heterocycles. The SMILES string of the molecule is C=CC(=S)OCC(CCC)N1CCOCC1. The number of morpholine rings is 1. The number of ether oxygens (including phenoxy) is 2. The minimum atomic E-state index is 0.451. The second-order valence-corrected chi connectivity index (χ2v) is 4.33. The number of nitrogens with zero attached hydrogens (tertiary/aromatic N) is 1. The van der Waals surface area contributed by atoms with Crippen LogP contribution in [0.3, 0.4) is 0 Å². The fraction of sp³-hybridized carbons (Fsp3) is 0.750. The highest BCUT2D eigenvalue weighted by Crippen LogP contribution is 2.10. The van der Waals surface area contributed by atoms with Gasteiger partial charge in [0.2, 0.25) is 0 Å². The fourth-order valence-corrected chi connectivity index (χ4v) is 1.95. The Morgan fingerprint density at radius 2 is 2.25 bits per heavy atom. The normalized spacial score (nSPS) is 19.1. The summed E-state index contributed by atoms with van der Waals surface area (Å²) in [5.74, 6) is 0. The van der Waals surface area contributed by atoms with Crippen LogP contribution in [-0.2, 0) is 9.47 Å². The van der Waals surface area contributed by atoms with Gasteiger partial charge in [0.05, 0.1) is 13.2 Å². The molecule has 1 atom stereocenters. The Kier molecular flexibility index (Phi) is 6.61. The van der Waals surface area contributed by atoms with Crippen molar-refractivity contribution in [2.24, 2.45) is 0 Å². The largest absolute Gasteiger partial charge is 0.482 e. The summed E-state index contributed by atoms with van der Waals surface area (Å²) >= 11 is 4.98. The van der Waals surface area contributed by atoms with Gasteiger partial charge in [0.25, 0.3) is 0 Å². The molecule has 0 N–H and O–H groups in total. The zero-order chi connectivity index (χ0) is 11.8. The van der Waals surface area contributed by atoms with E-state index >= 15 is 0 Å². The Balaban J connectivity index is 2.38. The van der Waals surface area contributed by atoms with E-state index in [1.54, 1.807) is 6.08 Å². The highest BCUT2D eigenvalue weighted by atomic mass is 32.1. The fourth-order valence-electron chi connectivity index (χ4n) is 1.88. The van der Waals surface area contributed by atoms with E-state index in [4.69, 9.17) is 21.7 Å². The molecule has 0 amide bonds. The molecular weight excluding hydrogens is 222 g/mol. The van der Waals surface area contributed by atoms with Crippen molar-refractivity contribution in [2.75, 3.05) is 32.9 Å². The summed E-state index contributed by atoms with van der Waals surface area (Å²) < 4.78 is 10.8. The molecular formula is C12H21NO2S. The number of hydrogen-bond acceptors (Lipinski definition) is 4. The molecule has 0 aromatic rings. The lowest BCUT2D eigenvalue weighted by molar-refractivity contribution is 0.00305. The van der Waals surface area contributed by atoms with Crippen molar-refractivity contribution in [1.29, 1.82) is 0 Å². The maximum atomic E-state index is 5.49. The molecule has 0 aromatic carbocycles. The average Bonchev–Trinajstić information content (AvgIpc) is 2.35. The van der Waals surface area contributed by atoms with Gasteiger partial charge in [0, 0.05) is 19.1 Å². The third-order valence-electron chi connectivity index (χ3n) is 2.77. The average molecular weight is 243 g/mol. The van der Waals surface area contributed by atoms with Gasteiger partial charge in [-0.3, -0.25) is 4.90 Å². The highest BCUT2D eigenvalue weighted by molar-refractivity contribution is 7.80. The topological polar surface area (TPSA) is 21.7 Å². The van der Waals surface area contributed by atoms with Crippen LogP contribution in [0.15, 0.2) is 12.7 Å². The van der Waals surface area contributed by atoms with Crippen molar-refractivity contribution in [3.05, 3.63) is 12.7 Å². The van der Waals surface area contributed by atoms with Crippen LogP contribution in [-0.4, -0.2) is 48.9 Å². The van der Waals surface area contributed by atoms with Crippen molar-refractivity contribution in [2.45, 2.75) is 25.8 Å². The maximum absolute atomic E-state index is 5.49. The summed E-state index contributed by atoms with van der Waals surface area (Å²) in [7, 11) is 0. The Hall–Kier alpha value is -0.450. The molecule has 1 aliphatic rings. The molecule has 1 fully saturated rings. The van der Waals surface area contributed by atoms with Gasteiger partial charge in [0.1, 0.15) is 6.61 Å². The Morgan fingerprint density at radius 3 is 2.81 bits per heavy atom. The molecule has 1 saturated heterocycles. The lowest BCUT2D eigenvalue weighted by atomic mass is 10.1. The monoisotopic (exact) mass is 243 g/mol. The Morgan fingerprint density at radius 1 is 1.56 bits per heavy atom. The summed E-state index contributed by atoms with van der Waals surface area (Å²) in [5.41, 5.74) is 0. The van der Waals surface area contributed by atoms with E-state index in [9.17, 15) is 0 Å². The number of hydrogen-bond donors (Lipinski definition) is 0. The first-order valence-corrected chi connectivity index (χ1v) is 6.29. The van der Waals surface area contributed by atoms with E-state index in [0.29, 0.717) is 17.7 Å². The number of thiocarbonyl (C=S) groups is 1. The van der Waals surface area contributed by atoms with Gasteiger partial charge in [-0.05, 0) is 24.7 Å². The summed E-state index contributed by atoms with van der Waals surface area (Å²) in [5, 5.41) is 0.495. The van der Waals surface area contributed by atoms with Crippen molar-refractivity contribution in [3.8, 4) is 0 Å². The zero-order valence-electron chi connectivity index (χ0n) is 9.98. The Labute approximate surface area is 103 Å². The van der Waals surface area contributed by atoms with Crippen molar-refractivity contribution >= 4 is 17.3 Å². The lowest BCUT2D eigenvalue weighted by Crippen LogP contribution is -2.45. The van der Waals surface area contributed by atoms with Gasteiger partial charge in [-0.15, -0.1) is 0 Å². The smallest absolute Gasteiger partial charge is 0.183 e. The lowest BCUT2D eigenvalue weighted by Gasteiger charge is -2.34. The minimum absolute atomic E-state index is 0.451. The van der Waals surface area contributed by atoms with E-state index < -0.39 is 0 Å². The van der Waals surface area contributed by atoms with Gasteiger partial charge < -0.3 is 9.47 Å². The minimum Gasteiger partial charge on any atom is -0.482 e. The summed E-state index contributed by atoms with van der Waals surface area (Å²) in [4.78, 5) is 2.43. The molecule has 0 aromatic heterocycles. The molecule has 1 unspecified atom stereocenters. The predicted octanol–water partition coefficient (Wildman–Crippen LogP) is 2.02. The van der Waals surface area contributed by atoms with Gasteiger partial charge in [0.15, 0.2) is 5.05 Å². The third kappa shape index (κ3) is 4.60. The highest BCUT2D eigenvalue weighted by Gasteiger charge is 2.20. The second-order valence-electron chi connectivity index (χ2n) is 3.93. The third-order valence-corrected chi connectivity index (χ3v) is 3.05. The first kappa shape index (κ1) is 13.6. The van der Waals surface area contributed by atoms with Gasteiger partial charge in [-0.1, -0.05) is 19.9 Å².